The van der Waals surface area contributed by atoms with E-state index in [0.717, 1.165) is 43.5 Å². The highest BCUT2D eigenvalue weighted by molar-refractivity contribution is 14.0. The Balaban J connectivity index is 0.00000289. The van der Waals surface area contributed by atoms with Gasteiger partial charge in [-0.05, 0) is 25.0 Å². The lowest BCUT2D eigenvalue weighted by Gasteiger charge is -2.34. The normalized spacial score (nSPS) is 16.7. The lowest BCUT2D eigenvalue weighted by molar-refractivity contribution is -0.00805. The van der Waals surface area contributed by atoms with Crippen molar-refractivity contribution in [3.8, 4) is 0 Å². The van der Waals surface area contributed by atoms with Gasteiger partial charge >= 0.3 is 0 Å². The molecule has 2 aromatic heterocycles. The third-order valence-electron chi connectivity index (χ3n) is 5.48. The molecule has 4 rings (SSSR count). The summed E-state index contributed by atoms with van der Waals surface area (Å²) in [7, 11) is 1.93. The van der Waals surface area contributed by atoms with E-state index in [4.69, 9.17) is 9.73 Å². The van der Waals surface area contributed by atoms with Crippen LogP contribution in [0.15, 0.2) is 54.0 Å². The molecule has 0 aliphatic carbocycles. The number of rotatable bonds is 6. The zero-order chi connectivity index (χ0) is 21.6. The van der Waals surface area contributed by atoms with Crippen molar-refractivity contribution in [3.63, 3.8) is 0 Å². The molecule has 0 radical (unpaired) electrons. The van der Waals surface area contributed by atoms with Gasteiger partial charge in [0.05, 0.1) is 25.9 Å². The Labute approximate surface area is 206 Å². The van der Waals surface area contributed by atoms with Crippen molar-refractivity contribution in [2.24, 2.45) is 12.0 Å². The van der Waals surface area contributed by atoms with Gasteiger partial charge in [-0.3, -0.25) is 4.68 Å². The van der Waals surface area contributed by atoms with Gasteiger partial charge in [-0.15, -0.1) is 24.0 Å². The molecule has 8 nitrogen and oxygen atoms in total. The van der Waals surface area contributed by atoms with Gasteiger partial charge in [0.15, 0.2) is 5.96 Å². The topological polar surface area (TPSA) is 72.5 Å². The summed E-state index contributed by atoms with van der Waals surface area (Å²) in [5.74, 6) is 1.95. The first-order valence-corrected chi connectivity index (χ1v) is 10.8. The summed E-state index contributed by atoms with van der Waals surface area (Å²) in [4.78, 5) is 11.5. The van der Waals surface area contributed by atoms with Crippen LogP contribution in [0.25, 0.3) is 0 Å². The maximum Gasteiger partial charge on any atom is 0.194 e. The second-order valence-electron chi connectivity index (χ2n) is 7.85. The molecule has 1 unspecified atom stereocenters. The first kappa shape index (κ1) is 24.2. The molecule has 1 atom stereocenters. The van der Waals surface area contributed by atoms with Crippen LogP contribution in [0.2, 0.25) is 0 Å². The number of hydrogen-bond donors (Lipinski definition) is 1. The zero-order valence-corrected chi connectivity index (χ0v) is 21.3. The number of hydrogen-bond acceptors (Lipinski definition) is 4. The van der Waals surface area contributed by atoms with Crippen LogP contribution in [0.1, 0.15) is 35.5 Å². The van der Waals surface area contributed by atoms with E-state index in [2.05, 4.69) is 56.1 Å². The van der Waals surface area contributed by atoms with Gasteiger partial charge in [0.1, 0.15) is 11.9 Å². The van der Waals surface area contributed by atoms with Gasteiger partial charge < -0.3 is 19.5 Å². The van der Waals surface area contributed by atoms with Crippen LogP contribution in [0.5, 0.6) is 0 Å². The van der Waals surface area contributed by atoms with E-state index in [9.17, 15) is 0 Å². The Hall–Kier alpha value is -2.40. The Morgan fingerprint density at radius 1 is 1.31 bits per heavy atom. The Bertz CT molecular complexity index is 1030. The molecule has 0 spiro atoms. The van der Waals surface area contributed by atoms with Gasteiger partial charge in [-0.25, -0.2) is 9.98 Å². The molecule has 1 saturated heterocycles. The number of aromatic nitrogens is 4. The number of nitrogens with zero attached hydrogens (tertiary/aromatic N) is 6. The van der Waals surface area contributed by atoms with Gasteiger partial charge in [0, 0.05) is 50.8 Å². The summed E-state index contributed by atoms with van der Waals surface area (Å²) >= 11 is 0. The predicted molar refractivity (Wildman–Crippen MR) is 136 cm³/mol. The third kappa shape index (κ3) is 6.10. The number of benzene rings is 1. The summed E-state index contributed by atoms with van der Waals surface area (Å²) < 4.78 is 9.95. The van der Waals surface area contributed by atoms with Gasteiger partial charge in [0.2, 0.25) is 0 Å². The van der Waals surface area contributed by atoms with Crippen molar-refractivity contribution >= 4 is 29.9 Å². The number of aliphatic imine (C=N–C) groups is 1. The van der Waals surface area contributed by atoms with Crippen LogP contribution in [0.4, 0.5) is 0 Å². The first-order valence-electron chi connectivity index (χ1n) is 10.8. The molecule has 1 fully saturated rings. The molecule has 32 heavy (non-hydrogen) atoms. The van der Waals surface area contributed by atoms with E-state index >= 15 is 0 Å². The summed E-state index contributed by atoms with van der Waals surface area (Å²) in [6.45, 7) is 8.66. The van der Waals surface area contributed by atoms with Crippen LogP contribution < -0.4 is 5.32 Å². The molecule has 1 aromatic carbocycles. The molecule has 0 amide bonds. The smallest absolute Gasteiger partial charge is 0.194 e. The first-order chi connectivity index (χ1) is 15.1. The SMILES string of the molecule is CCNC(=NCc1cccc(Cn2ccnc2C)c1)N1CCOC(c2cnn(C)c2)C1.I. The van der Waals surface area contributed by atoms with E-state index < -0.39 is 0 Å². The van der Waals surface area contributed by atoms with Crippen LogP contribution in [-0.4, -0.2) is 56.4 Å². The summed E-state index contributed by atoms with van der Waals surface area (Å²) in [5.41, 5.74) is 3.55. The van der Waals surface area contributed by atoms with Crippen molar-refractivity contribution in [2.45, 2.75) is 33.0 Å². The fourth-order valence-electron chi connectivity index (χ4n) is 3.84. The van der Waals surface area contributed by atoms with E-state index in [1.807, 2.05) is 43.4 Å². The quantitative estimate of drug-likeness (QED) is 0.291. The molecule has 0 bridgehead atoms. The molecule has 9 heteroatoms. The molecule has 0 saturated carbocycles. The monoisotopic (exact) mass is 549 g/mol. The van der Waals surface area contributed by atoms with Crippen molar-refractivity contribution < 1.29 is 4.74 Å². The molecular formula is C23H32IN7O. The number of ether oxygens (including phenoxy) is 1. The average Bonchev–Trinajstić information content (AvgIpc) is 3.40. The maximum atomic E-state index is 5.99. The Kier molecular flexibility index (Phi) is 8.68. The van der Waals surface area contributed by atoms with Crippen LogP contribution in [-0.2, 0) is 24.9 Å². The third-order valence-corrected chi connectivity index (χ3v) is 5.48. The zero-order valence-electron chi connectivity index (χ0n) is 18.9. The number of aryl methyl sites for hydroxylation is 2. The number of nitrogens with one attached hydrogen (secondary N) is 1. The predicted octanol–water partition coefficient (Wildman–Crippen LogP) is 3.13. The second-order valence-corrected chi connectivity index (χ2v) is 7.85. The fourth-order valence-corrected chi connectivity index (χ4v) is 3.84. The van der Waals surface area contributed by atoms with Crippen molar-refractivity contribution in [2.75, 3.05) is 26.2 Å². The number of imidazole rings is 1. The van der Waals surface area contributed by atoms with E-state index in [-0.39, 0.29) is 30.1 Å². The summed E-state index contributed by atoms with van der Waals surface area (Å²) in [5, 5.41) is 7.73. The largest absolute Gasteiger partial charge is 0.370 e. The van der Waals surface area contributed by atoms with E-state index in [1.165, 1.54) is 11.1 Å². The lowest BCUT2D eigenvalue weighted by Crippen LogP contribution is -2.48. The Morgan fingerprint density at radius 2 is 2.16 bits per heavy atom. The minimum atomic E-state index is 0. The molecule has 1 N–H and O–H groups in total. The van der Waals surface area contributed by atoms with Crippen LogP contribution in [0, 0.1) is 6.92 Å². The summed E-state index contributed by atoms with van der Waals surface area (Å²) in [6, 6.07) is 8.62. The number of morpholine rings is 1. The highest BCUT2D eigenvalue weighted by atomic mass is 127. The highest BCUT2D eigenvalue weighted by Crippen LogP contribution is 2.21. The molecule has 172 valence electrons. The fraction of sp³-hybridized carbons (Fsp3) is 0.435. The molecule has 1 aliphatic rings. The van der Waals surface area contributed by atoms with Crippen LogP contribution in [0.3, 0.4) is 0 Å². The van der Waals surface area contributed by atoms with Gasteiger partial charge in [-0.1, -0.05) is 24.3 Å². The van der Waals surface area contributed by atoms with E-state index in [1.54, 1.807) is 0 Å². The standard InChI is InChI=1S/C23H31N7O.HI/c1-4-24-23(30-10-11-31-22(17-30)21-14-27-28(3)16-21)26-13-19-6-5-7-20(12-19)15-29-9-8-25-18(29)2;/h5-9,12,14,16,22H,4,10-11,13,15,17H2,1-3H3,(H,24,26);1H. The van der Waals surface area contributed by atoms with Crippen molar-refractivity contribution in [1.29, 1.82) is 0 Å². The lowest BCUT2D eigenvalue weighted by atomic mass is 10.1. The molecule has 3 heterocycles. The number of guanidine groups is 1. The Morgan fingerprint density at radius 3 is 2.88 bits per heavy atom. The van der Waals surface area contributed by atoms with Gasteiger partial charge in [0.25, 0.3) is 0 Å². The van der Waals surface area contributed by atoms with E-state index in [0.29, 0.717) is 13.2 Å². The van der Waals surface area contributed by atoms with Crippen molar-refractivity contribution in [3.05, 3.63) is 71.6 Å². The van der Waals surface area contributed by atoms with Crippen molar-refractivity contribution in [1.82, 2.24) is 29.5 Å². The minimum Gasteiger partial charge on any atom is -0.370 e. The molecular weight excluding hydrogens is 517 g/mol. The highest BCUT2D eigenvalue weighted by Gasteiger charge is 2.25. The second kappa shape index (κ2) is 11.5. The average molecular weight is 549 g/mol. The maximum absolute atomic E-state index is 5.99. The molecule has 1 aliphatic heterocycles. The summed E-state index contributed by atoms with van der Waals surface area (Å²) in [6.07, 6.45) is 7.76. The number of halogens is 1. The van der Waals surface area contributed by atoms with Crippen LogP contribution >= 0.6 is 24.0 Å². The van der Waals surface area contributed by atoms with Gasteiger partial charge in [-0.2, -0.15) is 5.10 Å². The minimum absolute atomic E-state index is 0. The molecule has 3 aromatic rings.